The van der Waals surface area contributed by atoms with E-state index in [0.29, 0.717) is 10.9 Å². The van der Waals surface area contributed by atoms with E-state index in [1.54, 1.807) is 19.3 Å². The van der Waals surface area contributed by atoms with E-state index in [1.807, 2.05) is 6.07 Å². The molecule has 0 bridgehead atoms. The maximum absolute atomic E-state index is 13.7. The van der Waals surface area contributed by atoms with E-state index in [4.69, 9.17) is 0 Å². The van der Waals surface area contributed by atoms with Gasteiger partial charge in [0, 0.05) is 36.4 Å². The lowest BCUT2D eigenvalue weighted by atomic mass is 9.95. The average Bonchev–Trinajstić information content (AvgIpc) is 3.13. The van der Waals surface area contributed by atoms with E-state index in [2.05, 4.69) is 41.9 Å². The van der Waals surface area contributed by atoms with E-state index >= 15 is 0 Å². The first-order chi connectivity index (χ1) is 13.9. The predicted molar refractivity (Wildman–Crippen MR) is 113 cm³/mol. The Balaban J connectivity index is 1.73. The second kappa shape index (κ2) is 8.02. The summed E-state index contributed by atoms with van der Waals surface area (Å²) in [5, 5.41) is 9.88. The summed E-state index contributed by atoms with van der Waals surface area (Å²) < 4.78 is 42.0. The molecule has 1 aromatic carbocycles. The molecule has 1 atom stereocenters. The molecule has 0 amide bonds. The van der Waals surface area contributed by atoms with E-state index in [9.17, 15) is 13.2 Å². The van der Waals surface area contributed by atoms with E-state index < -0.39 is 18.0 Å². The number of aliphatic imine (C=N–C) groups is 1. The highest BCUT2D eigenvalue weighted by molar-refractivity contribution is 9.10. The zero-order valence-electron chi connectivity index (χ0n) is 16.0. The molecule has 0 spiro atoms. The summed E-state index contributed by atoms with van der Waals surface area (Å²) in [5.74, 6) is 0. The Morgan fingerprint density at radius 3 is 2.62 bits per heavy atom. The third-order valence-corrected chi connectivity index (χ3v) is 6.34. The van der Waals surface area contributed by atoms with Gasteiger partial charge in [0.05, 0.1) is 27.0 Å². The summed E-state index contributed by atoms with van der Waals surface area (Å²) in [5.41, 5.74) is 1.19. The fraction of sp³-hybridized carbons (Fsp3) is 0.450. The fourth-order valence-corrected chi connectivity index (χ4v) is 4.69. The second-order valence-corrected chi connectivity index (χ2v) is 8.20. The molecule has 1 aliphatic carbocycles. The number of rotatable bonds is 4. The molecule has 2 aromatic rings. The van der Waals surface area contributed by atoms with Crippen LogP contribution in [0.15, 0.2) is 39.6 Å². The lowest BCUT2D eigenvalue weighted by molar-refractivity contribution is -0.0867. The number of H-pyrrole nitrogens is 1. The van der Waals surface area contributed by atoms with Crippen LogP contribution in [-0.2, 0) is 0 Å². The normalized spacial score (nSPS) is 20.9. The zero-order chi connectivity index (χ0) is 20.6. The number of halogens is 4. The number of aromatic nitrogens is 1. The van der Waals surface area contributed by atoms with Crippen LogP contribution in [0.25, 0.3) is 10.9 Å². The number of allylic oxidation sites excluding steroid dienone is 1. The molecule has 4 N–H and O–H groups in total. The van der Waals surface area contributed by atoms with Crippen molar-refractivity contribution < 1.29 is 13.2 Å². The topological polar surface area (TPSA) is 64.2 Å². The number of nitrogens with one attached hydrogen (secondary N) is 4. The van der Waals surface area contributed by atoms with Gasteiger partial charge < -0.3 is 15.6 Å². The van der Waals surface area contributed by atoms with Gasteiger partial charge in [-0.3, -0.25) is 5.32 Å². The summed E-state index contributed by atoms with van der Waals surface area (Å²) in [4.78, 5) is 7.54. The van der Waals surface area contributed by atoms with Crippen molar-refractivity contribution in [2.24, 2.45) is 4.99 Å². The largest absolute Gasteiger partial charge is 0.419 e. The van der Waals surface area contributed by atoms with Crippen molar-refractivity contribution in [2.75, 3.05) is 12.4 Å². The van der Waals surface area contributed by atoms with Crippen molar-refractivity contribution >= 4 is 38.2 Å². The highest BCUT2D eigenvalue weighted by Gasteiger charge is 2.40. The van der Waals surface area contributed by atoms with Crippen LogP contribution in [0.3, 0.4) is 0 Å². The maximum Gasteiger partial charge on any atom is 0.419 e. The lowest BCUT2D eigenvalue weighted by Gasteiger charge is -2.30. The van der Waals surface area contributed by atoms with Crippen LogP contribution in [0.5, 0.6) is 0 Å². The lowest BCUT2D eigenvalue weighted by Crippen LogP contribution is -2.48. The van der Waals surface area contributed by atoms with Crippen molar-refractivity contribution in [3.8, 4) is 0 Å². The molecule has 29 heavy (non-hydrogen) atoms. The summed E-state index contributed by atoms with van der Waals surface area (Å²) in [6.07, 6.45) is 3.06. The van der Waals surface area contributed by atoms with Crippen molar-refractivity contribution in [3.63, 3.8) is 0 Å². The monoisotopic (exact) mass is 469 g/mol. The second-order valence-electron chi connectivity index (χ2n) is 7.41. The van der Waals surface area contributed by atoms with Gasteiger partial charge in [0.1, 0.15) is 0 Å². The van der Waals surface area contributed by atoms with Gasteiger partial charge in [0.15, 0.2) is 6.29 Å². The van der Waals surface area contributed by atoms with Gasteiger partial charge in [0.2, 0.25) is 0 Å². The molecular formula is C20H23BrF3N5. The number of fused-ring (bicyclic) bond motifs is 1. The predicted octanol–water partition coefficient (Wildman–Crippen LogP) is 5.02. The molecule has 4 rings (SSSR count). The molecule has 1 saturated carbocycles. The molecular weight excluding hydrogens is 447 g/mol. The summed E-state index contributed by atoms with van der Waals surface area (Å²) in [7, 11) is 1.79. The smallest absolute Gasteiger partial charge is 0.387 e. The summed E-state index contributed by atoms with van der Waals surface area (Å²) in [6.45, 7) is 0. The first-order valence-corrected chi connectivity index (χ1v) is 10.5. The minimum absolute atomic E-state index is 0.0556. The Labute approximate surface area is 175 Å². The van der Waals surface area contributed by atoms with Gasteiger partial charge in [-0.2, -0.15) is 13.2 Å². The van der Waals surface area contributed by atoms with Crippen LogP contribution in [0.1, 0.15) is 37.7 Å². The van der Waals surface area contributed by atoms with Crippen LogP contribution in [0.4, 0.5) is 18.9 Å². The molecule has 2 aliphatic rings. The Bertz CT molecular complexity index is 957. The number of hydrogen-bond donors (Lipinski definition) is 4. The minimum Gasteiger partial charge on any atom is -0.387 e. The first kappa shape index (κ1) is 20.3. The number of nitrogens with zero attached hydrogens (tertiary/aromatic N) is 1. The number of benzene rings is 1. The van der Waals surface area contributed by atoms with Crippen LogP contribution in [0.2, 0.25) is 0 Å². The SMILES string of the molecule is CNc1ccc2c(C3=NC(NC4CCCCC4)NC=C3C(F)(F)F)c[nH]c2c1Br. The molecule has 9 heteroatoms. The van der Waals surface area contributed by atoms with Crippen molar-refractivity contribution in [3.05, 3.63) is 40.1 Å². The van der Waals surface area contributed by atoms with Gasteiger partial charge in [-0.1, -0.05) is 25.3 Å². The molecule has 0 radical (unpaired) electrons. The third-order valence-electron chi connectivity index (χ3n) is 5.52. The van der Waals surface area contributed by atoms with Crippen molar-refractivity contribution in [2.45, 2.75) is 50.6 Å². The van der Waals surface area contributed by atoms with Gasteiger partial charge >= 0.3 is 6.18 Å². The highest BCUT2D eigenvalue weighted by atomic mass is 79.9. The van der Waals surface area contributed by atoms with Crippen LogP contribution < -0.4 is 16.0 Å². The number of hydrogen-bond acceptors (Lipinski definition) is 4. The molecule has 1 aromatic heterocycles. The summed E-state index contributed by atoms with van der Waals surface area (Å²) in [6, 6.07) is 3.90. The Morgan fingerprint density at radius 1 is 1.17 bits per heavy atom. The Hall–Kier alpha value is -2.00. The van der Waals surface area contributed by atoms with Gasteiger partial charge in [-0.05, 0) is 34.8 Å². The molecule has 0 saturated heterocycles. The molecule has 2 heterocycles. The molecule has 5 nitrogen and oxygen atoms in total. The highest BCUT2D eigenvalue weighted by Crippen LogP contribution is 2.36. The van der Waals surface area contributed by atoms with Crippen molar-refractivity contribution in [1.82, 2.24) is 15.6 Å². The number of alkyl halides is 3. The molecule has 1 fully saturated rings. The molecule has 1 unspecified atom stereocenters. The van der Waals surface area contributed by atoms with Gasteiger partial charge in [0.25, 0.3) is 0 Å². The zero-order valence-corrected chi connectivity index (χ0v) is 17.5. The summed E-state index contributed by atoms with van der Waals surface area (Å²) >= 11 is 3.52. The number of aromatic amines is 1. The molecule has 1 aliphatic heterocycles. The van der Waals surface area contributed by atoms with E-state index in [1.165, 1.54) is 6.42 Å². The number of anilines is 1. The quantitative estimate of drug-likeness (QED) is 0.508. The van der Waals surface area contributed by atoms with E-state index in [0.717, 1.165) is 47.6 Å². The maximum atomic E-state index is 13.7. The van der Waals surface area contributed by atoms with Crippen LogP contribution in [-0.4, -0.2) is 36.3 Å². The van der Waals surface area contributed by atoms with Crippen LogP contribution >= 0.6 is 15.9 Å². The fourth-order valence-electron chi connectivity index (χ4n) is 4.03. The standard InChI is InChI=1S/C20H23BrF3N5/c1-25-15-8-7-12-13(9-26-18(12)16(15)21)17-14(20(22,23)24)10-27-19(29-17)28-11-5-3-2-4-6-11/h7-11,19,25-28H,2-6H2,1H3. The van der Waals surface area contributed by atoms with Crippen LogP contribution in [0, 0.1) is 0 Å². The van der Waals surface area contributed by atoms with Gasteiger partial charge in [-0.15, -0.1) is 0 Å². The van der Waals surface area contributed by atoms with E-state index in [-0.39, 0.29) is 11.8 Å². The van der Waals surface area contributed by atoms with Gasteiger partial charge in [-0.25, -0.2) is 4.99 Å². The Kier molecular flexibility index (Phi) is 5.61. The van der Waals surface area contributed by atoms with Crippen molar-refractivity contribution in [1.29, 1.82) is 0 Å². The molecule has 156 valence electrons. The minimum atomic E-state index is -4.51. The Morgan fingerprint density at radius 2 is 1.93 bits per heavy atom. The third kappa shape index (κ3) is 4.02. The first-order valence-electron chi connectivity index (χ1n) is 9.74. The average molecular weight is 470 g/mol.